The molecule has 1 unspecified atom stereocenters. The van der Waals surface area contributed by atoms with Crippen LogP contribution in [0.3, 0.4) is 0 Å². The second-order valence-corrected chi connectivity index (χ2v) is 7.14. The van der Waals surface area contributed by atoms with Crippen LogP contribution < -0.4 is 0 Å². The summed E-state index contributed by atoms with van der Waals surface area (Å²) in [4.78, 5) is 1.41. The fourth-order valence-corrected chi connectivity index (χ4v) is 3.90. The van der Waals surface area contributed by atoms with Gasteiger partial charge in [-0.05, 0) is 67.7 Å². The van der Waals surface area contributed by atoms with Crippen molar-refractivity contribution >= 4 is 11.3 Å². The molecule has 0 amide bonds. The van der Waals surface area contributed by atoms with E-state index in [4.69, 9.17) is 0 Å². The van der Waals surface area contributed by atoms with Gasteiger partial charge in [0.15, 0.2) is 0 Å². The number of hydrogen-bond acceptors (Lipinski definition) is 2. The lowest BCUT2D eigenvalue weighted by atomic mass is 9.74. The molecule has 0 saturated heterocycles. The molecule has 1 aliphatic carbocycles. The monoisotopic (exact) mass is 266 g/mol. The Morgan fingerprint density at radius 2 is 1.89 bits per heavy atom. The molecule has 1 N–H and O–H groups in total. The van der Waals surface area contributed by atoms with Crippen LogP contribution in [-0.4, -0.2) is 11.2 Å². The van der Waals surface area contributed by atoms with Crippen LogP contribution in [-0.2, 0) is 6.42 Å². The average molecular weight is 266 g/mol. The highest BCUT2D eigenvalue weighted by molar-refractivity contribution is 7.09. The number of aliphatic hydroxyl groups excluding tert-OH is 1. The zero-order valence-electron chi connectivity index (χ0n) is 11.6. The van der Waals surface area contributed by atoms with E-state index in [1.165, 1.54) is 30.6 Å². The molecule has 2 heteroatoms. The van der Waals surface area contributed by atoms with E-state index in [1.807, 2.05) is 0 Å². The topological polar surface area (TPSA) is 20.2 Å². The summed E-state index contributed by atoms with van der Waals surface area (Å²) in [6, 6.07) is 4.27. The average Bonchev–Trinajstić information content (AvgIpc) is 2.89. The molecule has 0 bridgehead atoms. The Bertz CT molecular complexity index is 323. The normalized spacial score (nSPS) is 26.4. The van der Waals surface area contributed by atoms with Crippen LogP contribution in [0.4, 0.5) is 0 Å². The van der Waals surface area contributed by atoms with Gasteiger partial charge in [0.25, 0.3) is 0 Å². The maximum Gasteiger partial charge on any atom is 0.0571 e. The van der Waals surface area contributed by atoms with Crippen molar-refractivity contribution in [2.45, 2.75) is 58.5 Å². The lowest BCUT2D eigenvalue weighted by Gasteiger charge is -2.33. The fraction of sp³-hybridized carbons (Fsp3) is 0.750. The smallest absolute Gasteiger partial charge is 0.0571 e. The summed E-state index contributed by atoms with van der Waals surface area (Å²) in [7, 11) is 0. The van der Waals surface area contributed by atoms with Gasteiger partial charge in [-0.1, -0.05) is 19.9 Å². The Hall–Kier alpha value is -0.340. The largest absolute Gasteiger partial charge is 0.393 e. The standard InChI is InChI=1S/C16H26OS/c1-12(2)13-5-7-14(8-6-13)16(17)10-9-15-4-3-11-18-15/h3-4,11-14,16-17H,5-10H2,1-2H3. The second kappa shape index (κ2) is 6.72. The Balaban J connectivity index is 1.72. The molecule has 102 valence electrons. The maximum atomic E-state index is 10.3. The zero-order chi connectivity index (χ0) is 13.0. The third kappa shape index (κ3) is 3.83. The molecule has 0 aromatic carbocycles. The van der Waals surface area contributed by atoms with Crippen LogP contribution in [0.15, 0.2) is 17.5 Å². The van der Waals surface area contributed by atoms with E-state index in [0.717, 1.165) is 24.7 Å². The highest BCUT2D eigenvalue weighted by Gasteiger charge is 2.27. The van der Waals surface area contributed by atoms with E-state index in [2.05, 4.69) is 31.4 Å². The molecule has 18 heavy (non-hydrogen) atoms. The lowest BCUT2D eigenvalue weighted by Crippen LogP contribution is -2.27. The van der Waals surface area contributed by atoms with E-state index in [1.54, 1.807) is 11.3 Å². The van der Waals surface area contributed by atoms with Gasteiger partial charge < -0.3 is 5.11 Å². The molecule has 1 fully saturated rings. The van der Waals surface area contributed by atoms with Gasteiger partial charge in [0.1, 0.15) is 0 Å². The van der Waals surface area contributed by atoms with Gasteiger partial charge >= 0.3 is 0 Å². The molecule has 1 saturated carbocycles. The Morgan fingerprint density at radius 1 is 1.22 bits per heavy atom. The van der Waals surface area contributed by atoms with Gasteiger partial charge in [-0.15, -0.1) is 11.3 Å². The van der Waals surface area contributed by atoms with Crippen molar-refractivity contribution in [3.05, 3.63) is 22.4 Å². The molecule has 1 atom stereocenters. The van der Waals surface area contributed by atoms with Crippen molar-refractivity contribution in [2.24, 2.45) is 17.8 Å². The number of hydrogen-bond donors (Lipinski definition) is 1. The van der Waals surface area contributed by atoms with Gasteiger partial charge in [0, 0.05) is 4.88 Å². The molecular formula is C16H26OS. The van der Waals surface area contributed by atoms with E-state index in [9.17, 15) is 5.11 Å². The van der Waals surface area contributed by atoms with Crippen LogP contribution in [0.2, 0.25) is 0 Å². The molecule has 1 heterocycles. The van der Waals surface area contributed by atoms with Crippen molar-refractivity contribution in [1.82, 2.24) is 0 Å². The zero-order valence-corrected chi connectivity index (χ0v) is 12.5. The van der Waals surface area contributed by atoms with Gasteiger partial charge in [-0.25, -0.2) is 0 Å². The lowest BCUT2D eigenvalue weighted by molar-refractivity contribution is 0.0612. The first-order chi connectivity index (χ1) is 8.66. The molecule has 1 aliphatic rings. The Morgan fingerprint density at radius 3 is 2.44 bits per heavy atom. The molecule has 0 radical (unpaired) electrons. The predicted molar refractivity (Wildman–Crippen MR) is 78.9 cm³/mol. The molecule has 0 spiro atoms. The summed E-state index contributed by atoms with van der Waals surface area (Å²) in [5.74, 6) is 2.26. The number of rotatable bonds is 5. The van der Waals surface area contributed by atoms with Crippen LogP contribution >= 0.6 is 11.3 Å². The van der Waals surface area contributed by atoms with Crippen molar-refractivity contribution in [3.8, 4) is 0 Å². The molecule has 0 aliphatic heterocycles. The van der Waals surface area contributed by atoms with Gasteiger partial charge in [0.2, 0.25) is 0 Å². The van der Waals surface area contributed by atoms with E-state index in [-0.39, 0.29) is 6.10 Å². The van der Waals surface area contributed by atoms with Crippen LogP contribution in [0.25, 0.3) is 0 Å². The summed E-state index contributed by atoms with van der Waals surface area (Å²) in [5, 5.41) is 12.4. The van der Waals surface area contributed by atoms with Crippen LogP contribution in [0.1, 0.15) is 50.8 Å². The van der Waals surface area contributed by atoms with E-state index < -0.39 is 0 Å². The third-order valence-corrected chi connectivity index (χ3v) is 5.51. The number of thiophene rings is 1. The van der Waals surface area contributed by atoms with Gasteiger partial charge in [-0.3, -0.25) is 0 Å². The minimum Gasteiger partial charge on any atom is -0.393 e. The quantitative estimate of drug-likeness (QED) is 0.831. The van der Waals surface area contributed by atoms with Crippen molar-refractivity contribution in [1.29, 1.82) is 0 Å². The predicted octanol–water partition coefficient (Wildman–Crippen LogP) is 4.50. The maximum absolute atomic E-state index is 10.3. The third-order valence-electron chi connectivity index (χ3n) is 4.57. The van der Waals surface area contributed by atoms with Crippen molar-refractivity contribution in [3.63, 3.8) is 0 Å². The molecular weight excluding hydrogens is 240 g/mol. The SMILES string of the molecule is CC(C)C1CCC(C(O)CCc2cccs2)CC1. The minimum absolute atomic E-state index is 0.0831. The number of aryl methyl sites for hydroxylation is 1. The van der Waals surface area contributed by atoms with Crippen LogP contribution in [0.5, 0.6) is 0 Å². The summed E-state index contributed by atoms with van der Waals surface area (Å²) >= 11 is 1.80. The highest BCUT2D eigenvalue weighted by atomic mass is 32.1. The number of aliphatic hydroxyl groups is 1. The summed E-state index contributed by atoms with van der Waals surface area (Å²) < 4.78 is 0. The summed E-state index contributed by atoms with van der Waals surface area (Å²) in [6.45, 7) is 4.66. The van der Waals surface area contributed by atoms with Crippen molar-refractivity contribution < 1.29 is 5.11 Å². The minimum atomic E-state index is -0.0831. The summed E-state index contributed by atoms with van der Waals surface area (Å²) in [5.41, 5.74) is 0. The summed E-state index contributed by atoms with van der Waals surface area (Å²) in [6.07, 6.45) is 7.00. The Kier molecular flexibility index (Phi) is 5.25. The van der Waals surface area contributed by atoms with Gasteiger partial charge in [-0.2, -0.15) is 0 Å². The molecule has 1 aromatic rings. The first-order valence-corrected chi connectivity index (χ1v) is 8.25. The van der Waals surface area contributed by atoms with E-state index in [0.29, 0.717) is 5.92 Å². The first-order valence-electron chi connectivity index (χ1n) is 7.37. The van der Waals surface area contributed by atoms with Crippen LogP contribution in [0, 0.1) is 17.8 Å². The van der Waals surface area contributed by atoms with E-state index >= 15 is 0 Å². The second-order valence-electron chi connectivity index (χ2n) is 6.10. The Labute approximate surface area is 115 Å². The molecule has 1 nitrogen and oxygen atoms in total. The molecule has 1 aromatic heterocycles. The van der Waals surface area contributed by atoms with Gasteiger partial charge in [0.05, 0.1) is 6.10 Å². The highest BCUT2D eigenvalue weighted by Crippen LogP contribution is 2.35. The molecule has 2 rings (SSSR count). The fourth-order valence-electron chi connectivity index (χ4n) is 3.18. The van der Waals surface area contributed by atoms with Crippen molar-refractivity contribution in [2.75, 3.05) is 0 Å². The first kappa shape index (κ1) is 14.1.